The van der Waals surface area contributed by atoms with Crippen molar-refractivity contribution in [3.8, 4) is 23.0 Å². The molecule has 35 heavy (non-hydrogen) atoms. The third kappa shape index (κ3) is 3.30. The summed E-state index contributed by atoms with van der Waals surface area (Å²) in [4.78, 5) is 15.3. The van der Waals surface area contributed by atoms with Gasteiger partial charge in [-0.3, -0.25) is 9.13 Å². The maximum absolute atomic E-state index is 14.5. The van der Waals surface area contributed by atoms with E-state index in [2.05, 4.69) is 20.2 Å². The molecule has 1 aromatic carbocycles. The molecule has 0 saturated heterocycles. The number of imidazole rings is 1. The van der Waals surface area contributed by atoms with E-state index in [1.54, 1.807) is 19.3 Å². The van der Waals surface area contributed by atoms with Crippen molar-refractivity contribution in [3.05, 3.63) is 60.1 Å². The number of anilines is 1. The summed E-state index contributed by atoms with van der Waals surface area (Å²) in [6.45, 7) is 3.76. The fourth-order valence-corrected chi connectivity index (χ4v) is 4.95. The van der Waals surface area contributed by atoms with E-state index in [1.807, 2.05) is 16.4 Å². The van der Waals surface area contributed by atoms with Crippen molar-refractivity contribution < 1.29 is 17.6 Å². The van der Waals surface area contributed by atoms with Gasteiger partial charge in [0.25, 0.3) is 5.92 Å². The summed E-state index contributed by atoms with van der Waals surface area (Å²) in [5, 5.41) is 8.52. The molecule has 0 bridgehead atoms. The molecular formula is C23H20F4N8. The standard InChI is InChI=1S/C23H20F4N8/c1-3-17-21-32-31-12(2)34(21)18-11-29-22(30-20(18)35(17)14-9-23(26,27)10-14)33-7-6-28-19(33)15-5-4-13(24)8-16(15)25/h4-8,11,14,17H,3,9-10H2,1-2H3. The Balaban J connectivity index is 1.51. The highest BCUT2D eigenvalue weighted by atomic mass is 19.3. The fraction of sp³-hybridized carbons (Fsp3) is 0.348. The van der Waals surface area contributed by atoms with Gasteiger partial charge in [0.05, 0.1) is 17.8 Å². The van der Waals surface area contributed by atoms with Crippen LogP contribution in [0.3, 0.4) is 0 Å². The minimum Gasteiger partial charge on any atom is -0.341 e. The van der Waals surface area contributed by atoms with Crippen LogP contribution in [-0.2, 0) is 0 Å². The Morgan fingerprint density at radius 1 is 1.11 bits per heavy atom. The van der Waals surface area contributed by atoms with Crippen molar-refractivity contribution in [2.45, 2.75) is 51.1 Å². The quantitative estimate of drug-likeness (QED) is 0.395. The van der Waals surface area contributed by atoms with Crippen LogP contribution in [0.2, 0.25) is 0 Å². The third-order valence-electron chi connectivity index (χ3n) is 6.58. The van der Waals surface area contributed by atoms with Crippen molar-refractivity contribution in [3.63, 3.8) is 0 Å². The summed E-state index contributed by atoms with van der Waals surface area (Å²) in [7, 11) is 0. The lowest BCUT2D eigenvalue weighted by Crippen LogP contribution is -2.54. The van der Waals surface area contributed by atoms with E-state index < -0.39 is 23.6 Å². The predicted molar refractivity (Wildman–Crippen MR) is 118 cm³/mol. The van der Waals surface area contributed by atoms with Crippen LogP contribution in [0.25, 0.3) is 23.0 Å². The SMILES string of the molecule is CCC1c2nnc(C)n2-c2cnc(-n3ccnc3-c3ccc(F)cc3F)nc2N1C1CC(F)(F)C1. The van der Waals surface area contributed by atoms with Crippen molar-refractivity contribution in [1.82, 2.24) is 34.3 Å². The number of benzene rings is 1. The van der Waals surface area contributed by atoms with Gasteiger partial charge in [-0.1, -0.05) is 6.92 Å². The Morgan fingerprint density at radius 2 is 1.91 bits per heavy atom. The van der Waals surface area contributed by atoms with Gasteiger partial charge in [0.1, 0.15) is 29.0 Å². The van der Waals surface area contributed by atoms with Gasteiger partial charge >= 0.3 is 0 Å². The third-order valence-corrected chi connectivity index (χ3v) is 6.58. The highest BCUT2D eigenvalue weighted by Gasteiger charge is 2.52. The lowest BCUT2D eigenvalue weighted by molar-refractivity contribution is -0.0878. The predicted octanol–water partition coefficient (Wildman–Crippen LogP) is 4.57. The van der Waals surface area contributed by atoms with E-state index >= 15 is 0 Å². The second-order valence-corrected chi connectivity index (χ2v) is 8.81. The molecule has 4 heterocycles. The highest BCUT2D eigenvalue weighted by molar-refractivity contribution is 5.65. The van der Waals surface area contributed by atoms with Crippen LogP contribution in [0.15, 0.2) is 36.8 Å². The molecule has 1 atom stereocenters. The van der Waals surface area contributed by atoms with Gasteiger partial charge in [-0.15, -0.1) is 10.2 Å². The molecule has 0 N–H and O–H groups in total. The van der Waals surface area contributed by atoms with Crippen LogP contribution in [0, 0.1) is 18.6 Å². The summed E-state index contributed by atoms with van der Waals surface area (Å²) >= 11 is 0. The molecule has 1 aliphatic carbocycles. The van der Waals surface area contributed by atoms with E-state index in [4.69, 9.17) is 4.98 Å². The maximum Gasteiger partial charge on any atom is 0.252 e. The van der Waals surface area contributed by atoms with E-state index in [-0.39, 0.29) is 36.2 Å². The maximum atomic E-state index is 14.5. The van der Waals surface area contributed by atoms with Crippen molar-refractivity contribution in [2.75, 3.05) is 4.90 Å². The molecular weight excluding hydrogens is 464 g/mol. The van der Waals surface area contributed by atoms with Crippen molar-refractivity contribution in [1.29, 1.82) is 0 Å². The number of halogens is 4. The van der Waals surface area contributed by atoms with E-state index in [0.29, 0.717) is 29.6 Å². The minimum absolute atomic E-state index is 0.0802. The molecule has 12 heteroatoms. The average Bonchev–Trinajstić information content (AvgIpc) is 3.43. The van der Waals surface area contributed by atoms with Crippen LogP contribution < -0.4 is 4.90 Å². The van der Waals surface area contributed by atoms with Gasteiger partial charge in [-0.05, 0) is 25.5 Å². The molecule has 1 fully saturated rings. The van der Waals surface area contributed by atoms with Crippen LogP contribution >= 0.6 is 0 Å². The molecule has 0 radical (unpaired) electrons. The molecule has 2 aliphatic rings. The Morgan fingerprint density at radius 3 is 2.63 bits per heavy atom. The van der Waals surface area contributed by atoms with Crippen molar-refractivity contribution >= 4 is 5.82 Å². The number of fused-ring (bicyclic) bond motifs is 3. The number of nitrogens with zero attached hydrogens (tertiary/aromatic N) is 8. The summed E-state index contributed by atoms with van der Waals surface area (Å²) in [5.74, 6) is -2.08. The number of hydrogen-bond acceptors (Lipinski definition) is 6. The van der Waals surface area contributed by atoms with Gasteiger partial charge in [-0.25, -0.2) is 27.5 Å². The normalized spacial score (nSPS) is 18.8. The molecule has 0 amide bonds. The van der Waals surface area contributed by atoms with Crippen molar-refractivity contribution in [2.24, 2.45) is 0 Å². The Kier molecular flexibility index (Phi) is 4.70. The Bertz CT molecular complexity index is 1440. The minimum atomic E-state index is -2.72. The molecule has 1 aliphatic heterocycles. The Labute approximate surface area is 197 Å². The molecule has 180 valence electrons. The van der Waals surface area contributed by atoms with Crippen LogP contribution in [-0.4, -0.2) is 46.2 Å². The molecule has 1 unspecified atom stereocenters. The number of aryl methyl sites for hydroxylation is 1. The lowest BCUT2D eigenvalue weighted by Gasteiger charge is -2.48. The zero-order chi connectivity index (χ0) is 24.5. The lowest BCUT2D eigenvalue weighted by atomic mass is 9.85. The second-order valence-electron chi connectivity index (χ2n) is 8.81. The molecule has 3 aromatic heterocycles. The van der Waals surface area contributed by atoms with Gasteiger partial charge in [0, 0.05) is 37.3 Å². The highest BCUT2D eigenvalue weighted by Crippen LogP contribution is 2.48. The second kappa shape index (κ2) is 7.59. The zero-order valence-electron chi connectivity index (χ0n) is 18.8. The molecule has 4 aromatic rings. The fourth-order valence-electron chi connectivity index (χ4n) is 4.95. The van der Waals surface area contributed by atoms with E-state index in [0.717, 1.165) is 12.1 Å². The number of rotatable bonds is 4. The van der Waals surface area contributed by atoms with Gasteiger partial charge in [0.15, 0.2) is 11.6 Å². The van der Waals surface area contributed by atoms with E-state index in [1.165, 1.54) is 16.8 Å². The first kappa shape index (κ1) is 21.7. The summed E-state index contributed by atoms with van der Waals surface area (Å²) in [5.41, 5.74) is 0.664. The van der Waals surface area contributed by atoms with Crippen LogP contribution in [0.1, 0.15) is 43.9 Å². The Hall–Kier alpha value is -3.83. The first-order valence-electron chi connectivity index (χ1n) is 11.2. The van der Waals surface area contributed by atoms with Crippen LogP contribution in [0.4, 0.5) is 23.4 Å². The van der Waals surface area contributed by atoms with Crippen LogP contribution in [0.5, 0.6) is 0 Å². The summed E-state index contributed by atoms with van der Waals surface area (Å²) < 4.78 is 59.1. The topological polar surface area (TPSA) is 77.5 Å². The number of aromatic nitrogens is 7. The van der Waals surface area contributed by atoms with Gasteiger partial charge in [-0.2, -0.15) is 4.98 Å². The first-order valence-corrected chi connectivity index (χ1v) is 11.2. The summed E-state index contributed by atoms with van der Waals surface area (Å²) in [6, 6.07) is 2.49. The molecule has 0 spiro atoms. The summed E-state index contributed by atoms with van der Waals surface area (Å²) in [6.07, 6.45) is 4.65. The smallest absolute Gasteiger partial charge is 0.252 e. The molecule has 1 saturated carbocycles. The monoisotopic (exact) mass is 484 g/mol. The first-order chi connectivity index (χ1) is 16.8. The van der Waals surface area contributed by atoms with Gasteiger partial charge in [0.2, 0.25) is 5.95 Å². The van der Waals surface area contributed by atoms with Gasteiger partial charge < -0.3 is 4.90 Å². The largest absolute Gasteiger partial charge is 0.341 e. The zero-order valence-corrected chi connectivity index (χ0v) is 18.8. The average molecular weight is 484 g/mol. The molecule has 8 nitrogen and oxygen atoms in total. The molecule has 6 rings (SSSR count). The number of hydrogen-bond donors (Lipinski definition) is 0. The van der Waals surface area contributed by atoms with E-state index in [9.17, 15) is 17.6 Å². The number of alkyl halides is 2.